The van der Waals surface area contributed by atoms with Crippen LogP contribution in [0.25, 0.3) is 0 Å². The van der Waals surface area contributed by atoms with Gasteiger partial charge in [0.1, 0.15) is 5.92 Å². The summed E-state index contributed by atoms with van der Waals surface area (Å²) in [5.41, 5.74) is 0.469. The van der Waals surface area contributed by atoms with Gasteiger partial charge in [-0.3, -0.25) is 14.6 Å². The first-order valence-electron chi connectivity index (χ1n) is 4.40. The Morgan fingerprint density at radius 3 is 3.00 bits per heavy atom. The summed E-state index contributed by atoms with van der Waals surface area (Å²) in [4.78, 5) is 26.7. The lowest BCUT2D eigenvalue weighted by Gasteiger charge is -2.03. The maximum absolute atomic E-state index is 11.7. The summed E-state index contributed by atoms with van der Waals surface area (Å²) in [5.74, 6) is -1.24. The molecule has 2 rings (SSSR count). The second kappa shape index (κ2) is 3.57. The molecule has 0 saturated carbocycles. The Hall–Kier alpha value is -1.71. The number of pyridine rings is 1. The zero-order valence-corrected chi connectivity index (χ0v) is 7.47. The van der Waals surface area contributed by atoms with Gasteiger partial charge in [-0.2, -0.15) is 0 Å². The minimum absolute atomic E-state index is 0.194. The lowest BCUT2D eigenvalue weighted by atomic mass is 9.98. The molecule has 0 unspecified atom stereocenters. The highest BCUT2D eigenvalue weighted by molar-refractivity contribution is 6.09. The average molecular weight is 191 g/mol. The van der Waals surface area contributed by atoms with E-state index in [2.05, 4.69) is 4.98 Å². The van der Waals surface area contributed by atoms with Crippen molar-refractivity contribution in [1.29, 1.82) is 0 Å². The molecule has 0 N–H and O–H groups in total. The largest absolute Gasteiger partial charge is 0.465 e. The molecule has 1 aliphatic rings. The van der Waals surface area contributed by atoms with Crippen molar-refractivity contribution in [3.05, 3.63) is 30.1 Å². The van der Waals surface area contributed by atoms with Crippen molar-refractivity contribution in [3.63, 3.8) is 0 Å². The van der Waals surface area contributed by atoms with Gasteiger partial charge in [0.2, 0.25) is 0 Å². The number of cyclic esters (lactones) is 1. The van der Waals surface area contributed by atoms with E-state index in [0.717, 1.165) is 0 Å². The van der Waals surface area contributed by atoms with Gasteiger partial charge in [0, 0.05) is 24.4 Å². The summed E-state index contributed by atoms with van der Waals surface area (Å²) in [6.45, 7) is 0.343. The fourth-order valence-electron chi connectivity index (χ4n) is 1.44. The van der Waals surface area contributed by atoms with Gasteiger partial charge >= 0.3 is 5.97 Å². The molecule has 4 nitrogen and oxygen atoms in total. The van der Waals surface area contributed by atoms with E-state index in [4.69, 9.17) is 4.74 Å². The monoisotopic (exact) mass is 191 g/mol. The van der Waals surface area contributed by atoms with Crippen LogP contribution in [-0.2, 0) is 9.53 Å². The van der Waals surface area contributed by atoms with Crippen LogP contribution in [0.15, 0.2) is 24.5 Å². The highest BCUT2D eigenvalue weighted by Crippen LogP contribution is 2.19. The molecule has 1 aromatic heterocycles. The number of Topliss-reactive ketones (excluding diaryl/α,β-unsaturated/α-hetero) is 1. The molecule has 4 heteroatoms. The molecule has 0 radical (unpaired) electrons. The van der Waals surface area contributed by atoms with Crippen LogP contribution in [-0.4, -0.2) is 23.3 Å². The highest BCUT2D eigenvalue weighted by atomic mass is 16.5. The number of esters is 1. The van der Waals surface area contributed by atoms with Gasteiger partial charge in [-0.05, 0) is 12.1 Å². The molecule has 2 heterocycles. The van der Waals surface area contributed by atoms with Crippen molar-refractivity contribution in [2.75, 3.05) is 6.61 Å². The van der Waals surface area contributed by atoms with E-state index in [1.54, 1.807) is 18.3 Å². The number of ether oxygens (including phenoxy) is 1. The average Bonchev–Trinajstić information content (AvgIpc) is 2.65. The molecule has 0 aliphatic carbocycles. The maximum Gasteiger partial charge on any atom is 0.316 e. The summed E-state index contributed by atoms with van der Waals surface area (Å²) >= 11 is 0. The minimum Gasteiger partial charge on any atom is -0.465 e. The van der Waals surface area contributed by atoms with Crippen LogP contribution in [0.5, 0.6) is 0 Å². The number of rotatable bonds is 2. The predicted octanol–water partition coefficient (Wildman–Crippen LogP) is 0.827. The lowest BCUT2D eigenvalue weighted by Crippen LogP contribution is -2.19. The first-order valence-corrected chi connectivity index (χ1v) is 4.40. The van der Waals surface area contributed by atoms with E-state index < -0.39 is 11.9 Å². The third kappa shape index (κ3) is 1.51. The normalized spacial score (nSPS) is 20.6. The fourth-order valence-corrected chi connectivity index (χ4v) is 1.44. The number of carbonyl (C=O) groups excluding carboxylic acids is 2. The van der Waals surface area contributed by atoms with E-state index >= 15 is 0 Å². The van der Waals surface area contributed by atoms with Gasteiger partial charge in [0.15, 0.2) is 5.78 Å². The van der Waals surface area contributed by atoms with Crippen molar-refractivity contribution in [3.8, 4) is 0 Å². The lowest BCUT2D eigenvalue weighted by molar-refractivity contribution is -0.140. The van der Waals surface area contributed by atoms with Crippen molar-refractivity contribution in [1.82, 2.24) is 4.98 Å². The summed E-state index contributed by atoms with van der Waals surface area (Å²) in [5, 5.41) is 0. The van der Waals surface area contributed by atoms with Crippen molar-refractivity contribution >= 4 is 11.8 Å². The van der Waals surface area contributed by atoms with Crippen LogP contribution in [0.1, 0.15) is 16.8 Å². The second-order valence-corrected chi connectivity index (χ2v) is 3.11. The standard InChI is InChI=1S/C10H9NO3/c12-9(7-2-1-4-11-6-7)8-3-5-14-10(8)13/h1-2,4,6,8H,3,5H2/t8-/m1/s1. The van der Waals surface area contributed by atoms with Crippen molar-refractivity contribution in [2.24, 2.45) is 5.92 Å². The zero-order chi connectivity index (χ0) is 9.97. The molecule has 1 atom stereocenters. The van der Waals surface area contributed by atoms with Crippen LogP contribution in [0.2, 0.25) is 0 Å². The SMILES string of the molecule is O=C1OCC[C@@H]1C(=O)c1cccnc1. The van der Waals surface area contributed by atoms with Crippen LogP contribution in [0.4, 0.5) is 0 Å². The molecule has 1 saturated heterocycles. The van der Waals surface area contributed by atoms with Gasteiger partial charge in [0.05, 0.1) is 6.61 Å². The molecule has 0 aromatic carbocycles. The molecule has 1 fully saturated rings. The summed E-state index contributed by atoms with van der Waals surface area (Å²) in [7, 11) is 0. The summed E-state index contributed by atoms with van der Waals surface area (Å²) in [6, 6.07) is 3.33. The Kier molecular flexibility index (Phi) is 2.26. The predicted molar refractivity (Wildman–Crippen MR) is 47.6 cm³/mol. The molecule has 0 amide bonds. The van der Waals surface area contributed by atoms with E-state index in [-0.39, 0.29) is 5.78 Å². The Morgan fingerprint density at radius 2 is 2.43 bits per heavy atom. The first kappa shape index (κ1) is 8.87. The van der Waals surface area contributed by atoms with E-state index in [0.29, 0.717) is 18.6 Å². The second-order valence-electron chi connectivity index (χ2n) is 3.11. The number of hydrogen-bond donors (Lipinski definition) is 0. The Bertz CT molecular complexity index is 361. The molecule has 0 spiro atoms. The van der Waals surface area contributed by atoms with Gasteiger partial charge in [-0.1, -0.05) is 0 Å². The molecule has 0 bridgehead atoms. The summed E-state index contributed by atoms with van der Waals surface area (Å²) < 4.78 is 4.73. The smallest absolute Gasteiger partial charge is 0.316 e. The minimum atomic E-state index is -0.626. The van der Waals surface area contributed by atoms with Crippen LogP contribution in [0, 0.1) is 5.92 Å². The third-order valence-electron chi connectivity index (χ3n) is 2.20. The molecule has 1 aromatic rings. The number of carbonyl (C=O) groups is 2. The van der Waals surface area contributed by atoms with E-state index in [1.807, 2.05) is 0 Å². The van der Waals surface area contributed by atoms with Crippen LogP contribution < -0.4 is 0 Å². The van der Waals surface area contributed by atoms with Crippen LogP contribution in [0.3, 0.4) is 0 Å². The van der Waals surface area contributed by atoms with Gasteiger partial charge in [-0.25, -0.2) is 0 Å². The number of nitrogens with zero attached hydrogens (tertiary/aromatic N) is 1. The first-order chi connectivity index (χ1) is 6.79. The topological polar surface area (TPSA) is 56.3 Å². The number of ketones is 1. The van der Waals surface area contributed by atoms with Gasteiger partial charge in [-0.15, -0.1) is 0 Å². The van der Waals surface area contributed by atoms with Gasteiger partial charge < -0.3 is 4.74 Å². The Labute approximate surface area is 80.9 Å². The molecular formula is C10H9NO3. The maximum atomic E-state index is 11.7. The molecular weight excluding hydrogens is 182 g/mol. The Balaban J connectivity index is 2.20. The summed E-state index contributed by atoms with van der Waals surface area (Å²) in [6.07, 6.45) is 3.53. The number of hydrogen-bond acceptors (Lipinski definition) is 4. The Morgan fingerprint density at radius 1 is 1.57 bits per heavy atom. The molecule has 72 valence electrons. The van der Waals surface area contributed by atoms with E-state index in [9.17, 15) is 9.59 Å². The quantitative estimate of drug-likeness (QED) is 0.394. The third-order valence-corrected chi connectivity index (χ3v) is 2.20. The fraction of sp³-hybridized carbons (Fsp3) is 0.300. The molecule has 14 heavy (non-hydrogen) atoms. The van der Waals surface area contributed by atoms with Gasteiger partial charge in [0.25, 0.3) is 0 Å². The van der Waals surface area contributed by atoms with E-state index in [1.165, 1.54) is 6.20 Å². The van der Waals surface area contributed by atoms with Crippen LogP contribution >= 0.6 is 0 Å². The van der Waals surface area contributed by atoms with Crippen molar-refractivity contribution < 1.29 is 14.3 Å². The zero-order valence-electron chi connectivity index (χ0n) is 7.47. The highest BCUT2D eigenvalue weighted by Gasteiger charge is 2.33. The van der Waals surface area contributed by atoms with Crippen molar-refractivity contribution in [2.45, 2.75) is 6.42 Å². The number of aromatic nitrogens is 1. The molecule has 1 aliphatic heterocycles.